The van der Waals surface area contributed by atoms with E-state index in [0.717, 1.165) is 29.4 Å². The second kappa shape index (κ2) is 5.03. The fraction of sp³-hybridized carbons (Fsp3) is 0.417. The lowest BCUT2D eigenvalue weighted by molar-refractivity contribution is 0.657. The van der Waals surface area contributed by atoms with Gasteiger partial charge in [0, 0.05) is 12.7 Å². The Morgan fingerprint density at radius 2 is 2.06 bits per heavy atom. The Bertz CT molecular complexity index is 528. The molecule has 0 bridgehead atoms. The van der Waals surface area contributed by atoms with Crippen LogP contribution in [0.4, 0.5) is 11.5 Å². The molecule has 18 heavy (non-hydrogen) atoms. The maximum Gasteiger partial charge on any atom is 0.148 e. The lowest BCUT2D eigenvalue weighted by Gasteiger charge is -2.08. The molecule has 2 rings (SSSR count). The Morgan fingerprint density at radius 1 is 1.28 bits per heavy atom. The van der Waals surface area contributed by atoms with Crippen molar-refractivity contribution in [3.8, 4) is 0 Å². The molecule has 2 heterocycles. The molecule has 0 aromatic carbocycles. The third kappa shape index (κ3) is 2.42. The smallest absolute Gasteiger partial charge is 0.148 e. The van der Waals surface area contributed by atoms with E-state index in [2.05, 4.69) is 20.4 Å². The van der Waals surface area contributed by atoms with Crippen molar-refractivity contribution in [3.05, 3.63) is 29.5 Å². The van der Waals surface area contributed by atoms with Crippen molar-refractivity contribution in [2.45, 2.75) is 33.9 Å². The Morgan fingerprint density at radius 3 is 2.67 bits per heavy atom. The van der Waals surface area contributed by atoms with Crippen LogP contribution in [0.2, 0.25) is 0 Å². The first kappa shape index (κ1) is 12.3. The van der Waals surface area contributed by atoms with Gasteiger partial charge in [-0.05, 0) is 20.8 Å². The lowest BCUT2D eigenvalue weighted by Crippen LogP contribution is -2.09. The third-order valence-electron chi connectivity index (χ3n) is 2.74. The highest BCUT2D eigenvalue weighted by atomic mass is 15.3. The van der Waals surface area contributed by atoms with Crippen LogP contribution in [-0.2, 0) is 13.1 Å². The summed E-state index contributed by atoms with van der Waals surface area (Å²) < 4.78 is 1.85. The largest absolute Gasteiger partial charge is 0.394 e. The van der Waals surface area contributed by atoms with Gasteiger partial charge in [-0.3, -0.25) is 9.97 Å². The minimum Gasteiger partial charge on any atom is -0.394 e. The number of hydrogen-bond donors (Lipinski definition) is 2. The summed E-state index contributed by atoms with van der Waals surface area (Å²) in [6, 6.07) is 0. The second-order valence-corrected chi connectivity index (χ2v) is 4.17. The van der Waals surface area contributed by atoms with Gasteiger partial charge in [0.25, 0.3) is 0 Å². The van der Waals surface area contributed by atoms with Crippen molar-refractivity contribution in [3.63, 3.8) is 0 Å². The van der Waals surface area contributed by atoms with E-state index in [9.17, 15) is 0 Å². The minimum atomic E-state index is 0.586. The van der Waals surface area contributed by atoms with E-state index < -0.39 is 0 Å². The fourth-order valence-electron chi connectivity index (χ4n) is 1.70. The van der Waals surface area contributed by atoms with Crippen LogP contribution in [0.1, 0.15) is 24.0 Å². The summed E-state index contributed by atoms with van der Waals surface area (Å²) in [5.74, 6) is 0.845. The lowest BCUT2D eigenvalue weighted by atomic mass is 10.3. The maximum atomic E-state index is 5.99. The van der Waals surface area contributed by atoms with E-state index in [1.54, 1.807) is 12.4 Å². The molecule has 6 nitrogen and oxygen atoms in total. The van der Waals surface area contributed by atoms with Gasteiger partial charge >= 0.3 is 0 Å². The number of aryl methyl sites for hydroxylation is 3. The molecule has 0 radical (unpaired) electrons. The Balaban J connectivity index is 2.12. The topological polar surface area (TPSA) is 81.7 Å². The van der Waals surface area contributed by atoms with Crippen molar-refractivity contribution in [1.29, 1.82) is 0 Å². The monoisotopic (exact) mass is 246 g/mol. The molecule has 96 valence electrons. The molecule has 0 amide bonds. The van der Waals surface area contributed by atoms with Crippen LogP contribution >= 0.6 is 0 Å². The van der Waals surface area contributed by atoms with Gasteiger partial charge in [-0.15, -0.1) is 0 Å². The summed E-state index contributed by atoms with van der Waals surface area (Å²) >= 11 is 0. The molecule has 0 atom stereocenters. The highest BCUT2D eigenvalue weighted by molar-refractivity contribution is 5.64. The maximum absolute atomic E-state index is 5.99. The van der Waals surface area contributed by atoms with E-state index in [-0.39, 0.29) is 0 Å². The number of anilines is 2. The fourth-order valence-corrected chi connectivity index (χ4v) is 1.70. The second-order valence-electron chi connectivity index (χ2n) is 4.17. The summed E-state index contributed by atoms with van der Waals surface area (Å²) in [5, 5.41) is 7.61. The van der Waals surface area contributed by atoms with Gasteiger partial charge in [-0.25, -0.2) is 4.68 Å². The zero-order chi connectivity index (χ0) is 13.1. The molecule has 3 N–H and O–H groups in total. The number of nitrogens with zero attached hydrogens (tertiary/aromatic N) is 4. The van der Waals surface area contributed by atoms with Gasteiger partial charge in [-0.2, -0.15) is 5.10 Å². The van der Waals surface area contributed by atoms with Crippen molar-refractivity contribution >= 4 is 11.5 Å². The summed E-state index contributed by atoms with van der Waals surface area (Å²) in [7, 11) is 0. The molecule has 0 spiro atoms. The number of hydrogen-bond acceptors (Lipinski definition) is 5. The zero-order valence-corrected chi connectivity index (χ0v) is 10.9. The molecule has 2 aromatic rings. The molecule has 2 aromatic heterocycles. The molecule has 0 aliphatic heterocycles. The SMILES string of the molecule is CCn1nc(C)c(N)c1NCc1cnc(C)cn1. The molecule has 0 aliphatic carbocycles. The number of rotatable bonds is 4. The predicted molar refractivity (Wildman–Crippen MR) is 71.1 cm³/mol. The molecular weight excluding hydrogens is 228 g/mol. The average molecular weight is 246 g/mol. The highest BCUT2D eigenvalue weighted by Gasteiger charge is 2.10. The van der Waals surface area contributed by atoms with Gasteiger partial charge in [0.1, 0.15) is 5.82 Å². The predicted octanol–water partition coefficient (Wildman–Crippen LogP) is 1.50. The summed E-state index contributed by atoms with van der Waals surface area (Å²) in [6.07, 6.45) is 3.51. The Hall–Kier alpha value is -2.11. The summed E-state index contributed by atoms with van der Waals surface area (Å²) in [4.78, 5) is 8.50. The van der Waals surface area contributed by atoms with E-state index in [1.165, 1.54) is 0 Å². The van der Waals surface area contributed by atoms with Crippen LogP contribution in [0, 0.1) is 13.8 Å². The average Bonchev–Trinajstić information content (AvgIpc) is 2.65. The highest BCUT2D eigenvalue weighted by Crippen LogP contribution is 2.22. The first-order valence-electron chi connectivity index (χ1n) is 5.96. The molecular formula is C12H18N6. The van der Waals surface area contributed by atoms with E-state index in [1.807, 2.05) is 25.5 Å². The molecule has 0 saturated heterocycles. The first-order valence-corrected chi connectivity index (χ1v) is 5.96. The van der Waals surface area contributed by atoms with E-state index in [4.69, 9.17) is 5.73 Å². The van der Waals surface area contributed by atoms with Gasteiger partial charge in [0.05, 0.1) is 35.5 Å². The molecule has 0 aliphatic rings. The summed E-state index contributed by atoms with van der Waals surface area (Å²) in [6.45, 7) is 7.21. The van der Waals surface area contributed by atoms with Crippen molar-refractivity contribution < 1.29 is 0 Å². The van der Waals surface area contributed by atoms with E-state index in [0.29, 0.717) is 12.2 Å². The van der Waals surface area contributed by atoms with Gasteiger partial charge in [-0.1, -0.05) is 0 Å². The molecule has 0 fully saturated rings. The van der Waals surface area contributed by atoms with Crippen LogP contribution < -0.4 is 11.1 Å². The Kier molecular flexibility index (Phi) is 3.45. The minimum absolute atomic E-state index is 0.586. The quantitative estimate of drug-likeness (QED) is 0.854. The van der Waals surface area contributed by atoms with Crippen molar-refractivity contribution in [2.75, 3.05) is 11.1 Å². The number of aromatic nitrogens is 4. The first-order chi connectivity index (χ1) is 8.61. The van der Waals surface area contributed by atoms with Crippen LogP contribution in [0.3, 0.4) is 0 Å². The number of nitrogens with two attached hydrogens (primary N) is 1. The molecule has 6 heteroatoms. The van der Waals surface area contributed by atoms with Crippen LogP contribution in [0.15, 0.2) is 12.4 Å². The van der Waals surface area contributed by atoms with Crippen LogP contribution in [-0.4, -0.2) is 19.7 Å². The standard InChI is InChI=1S/C12H18N6/c1-4-18-12(11(13)9(3)17-18)16-7-10-6-14-8(2)5-15-10/h5-6,16H,4,7,13H2,1-3H3. The number of nitrogens with one attached hydrogen (secondary N) is 1. The van der Waals surface area contributed by atoms with Gasteiger partial charge < -0.3 is 11.1 Å². The Labute approximate surface area is 106 Å². The van der Waals surface area contributed by atoms with Crippen LogP contribution in [0.5, 0.6) is 0 Å². The third-order valence-corrected chi connectivity index (χ3v) is 2.74. The van der Waals surface area contributed by atoms with Gasteiger partial charge in [0.2, 0.25) is 0 Å². The zero-order valence-electron chi connectivity index (χ0n) is 10.9. The van der Waals surface area contributed by atoms with Crippen LogP contribution in [0.25, 0.3) is 0 Å². The molecule has 0 saturated carbocycles. The number of nitrogen functional groups attached to an aromatic ring is 1. The normalized spacial score (nSPS) is 10.6. The summed E-state index contributed by atoms with van der Waals surface area (Å²) in [5.41, 5.74) is 9.31. The van der Waals surface area contributed by atoms with Crippen molar-refractivity contribution in [1.82, 2.24) is 19.7 Å². The molecule has 0 unspecified atom stereocenters. The van der Waals surface area contributed by atoms with Crippen molar-refractivity contribution in [2.24, 2.45) is 0 Å². The van der Waals surface area contributed by atoms with E-state index >= 15 is 0 Å². The van der Waals surface area contributed by atoms with Gasteiger partial charge in [0.15, 0.2) is 0 Å².